The number of aliphatic hydroxyl groups is 1. The molecule has 0 aromatic carbocycles. The van der Waals surface area contributed by atoms with Crippen molar-refractivity contribution in [3.63, 3.8) is 0 Å². The van der Waals surface area contributed by atoms with Gasteiger partial charge in [0.15, 0.2) is 0 Å². The first-order valence-corrected chi connectivity index (χ1v) is 8.24. The fourth-order valence-electron chi connectivity index (χ4n) is 2.99. The van der Waals surface area contributed by atoms with Crippen LogP contribution in [-0.2, 0) is 23.9 Å². The molecule has 0 aliphatic rings. The molecule has 0 radical (unpaired) electrons. The first-order chi connectivity index (χ1) is 11.3. The predicted octanol–water partition coefficient (Wildman–Crippen LogP) is 1.44. The zero-order valence-electron chi connectivity index (χ0n) is 15.5. The van der Waals surface area contributed by atoms with Crippen LogP contribution in [0.25, 0.3) is 0 Å². The third-order valence-corrected chi connectivity index (χ3v) is 4.46. The van der Waals surface area contributed by atoms with Crippen molar-refractivity contribution in [2.75, 3.05) is 20.3 Å². The Bertz CT molecular complexity index is 675. The number of rotatable bonds is 8. The van der Waals surface area contributed by atoms with Gasteiger partial charge in [0.2, 0.25) is 0 Å². The Morgan fingerprint density at radius 1 is 1.42 bits per heavy atom. The molecule has 134 valence electrons. The summed E-state index contributed by atoms with van der Waals surface area (Å²) in [6.07, 6.45) is 3.54. The van der Waals surface area contributed by atoms with Crippen LogP contribution in [0.2, 0.25) is 0 Å². The summed E-state index contributed by atoms with van der Waals surface area (Å²) < 4.78 is 8.81. The number of nitrogens with one attached hydrogen (secondary N) is 1. The van der Waals surface area contributed by atoms with E-state index in [1.165, 1.54) is 5.56 Å². The smallest absolute Gasteiger partial charge is 0.102 e. The summed E-state index contributed by atoms with van der Waals surface area (Å²) in [5.41, 5.74) is 3.13. The summed E-state index contributed by atoms with van der Waals surface area (Å²) >= 11 is 0. The van der Waals surface area contributed by atoms with E-state index in [0.29, 0.717) is 13.2 Å². The molecule has 0 saturated heterocycles. The normalized spacial score (nSPS) is 15.5. The Balaban J connectivity index is 2.07. The highest BCUT2D eigenvalue weighted by Gasteiger charge is 2.26. The second-order valence-electron chi connectivity index (χ2n) is 6.58. The quantitative estimate of drug-likeness (QED) is 0.763. The molecule has 2 unspecified atom stereocenters. The lowest BCUT2D eigenvalue weighted by molar-refractivity contribution is 0.0542. The molecule has 2 heterocycles. The van der Waals surface area contributed by atoms with E-state index in [-0.39, 0.29) is 6.04 Å². The maximum atomic E-state index is 10.7. The second kappa shape index (κ2) is 7.46. The van der Waals surface area contributed by atoms with Gasteiger partial charge >= 0.3 is 0 Å². The molecule has 0 aliphatic carbocycles. The lowest BCUT2D eigenvalue weighted by Crippen LogP contribution is -2.36. The van der Waals surface area contributed by atoms with Crippen molar-refractivity contribution in [1.82, 2.24) is 24.9 Å². The van der Waals surface area contributed by atoms with Gasteiger partial charge in [0.1, 0.15) is 5.60 Å². The number of nitrogens with zero attached hydrogens (tertiary/aromatic N) is 4. The van der Waals surface area contributed by atoms with Crippen molar-refractivity contribution in [1.29, 1.82) is 0 Å². The molecule has 2 rings (SSSR count). The minimum Gasteiger partial charge on any atom is -0.384 e. The summed E-state index contributed by atoms with van der Waals surface area (Å²) in [6, 6.07) is 0.0874. The van der Waals surface area contributed by atoms with Gasteiger partial charge < -0.3 is 15.2 Å². The highest BCUT2D eigenvalue weighted by molar-refractivity contribution is 5.28. The third-order valence-electron chi connectivity index (χ3n) is 4.46. The summed E-state index contributed by atoms with van der Waals surface area (Å²) in [5.74, 6) is 0. The molecule has 0 saturated carbocycles. The van der Waals surface area contributed by atoms with Gasteiger partial charge in [0, 0.05) is 49.8 Å². The first kappa shape index (κ1) is 18.6. The Kier molecular flexibility index (Phi) is 5.79. The molecule has 0 bridgehead atoms. The molecule has 0 amide bonds. The summed E-state index contributed by atoms with van der Waals surface area (Å²) in [6.45, 7) is 9.79. The zero-order valence-corrected chi connectivity index (χ0v) is 15.5. The van der Waals surface area contributed by atoms with Crippen LogP contribution in [0, 0.1) is 13.8 Å². The summed E-state index contributed by atoms with van der Waals surface area (Å²) in [4.78, 5) is 0. The monoisotopic (exact) mass is 335 g/mol. The van der Waals surface area contributed by atoms with E-state index in [1.807, 2.05) is 24.9 Å². The number of methoxy groups -OCH3 is 1. The molecule has 0 fully saturated rings. The number of hydrogen-bond donors (Lipinski definition) is 2. The van der Waals surface area contributed by atoms with Gasteiger partial charge in [-0.05, 0) is 27.7 Å². The maximum Gasteiger partial charge on any atom is 0.102 e. The molecule has 2 aromatic rings. The molecule has 0 aliphatic heterocycles. The largest absolute Gasteiger partial charge is 0.384 e. The molecule has 2 atom stereocenters. The topological polar surface area (TPSA) is 77.1 Å². The standard InChI is InChI=1S/C17H29N5O2/c1-12(16-13(2)20-22(14(16)3)7-8-24-6)18-11-17(4,23)15-9-19-21(5)10-15/h9-10,12,18,23H,7-8,11H2,1-6H3. The molecule has 7 heteroatoms. The van der Waals surface area contributed by atoms with Gasteiger partial charge in [-0.15, -0.1) is 0 Å². The van der Waals surface area contributed by atoms with Crippen molar-refractivity contribution in [2.45, 2.75) is 45.9 Å². The van der Waals surface area contributed by atoms with E-state index < -0.39 is 5.60 Å². The van der Waals surface area contributed by atoms with Crippen molar-refractivity contribution in [3.8, 4) is 0 Å². The molecular formula is C17H29N5O2. The summed E-state index contributed by atoms with van der Waals surface area (Å²) in [7, 11) is 3.54. The minimum atomic E-state index is -0.976. The Hall–Kier alpha value is -1.70. The van der Waals surface area contributed by atoms with Crippen LogP contribution in [0.4, 0.5) is 0 Å². The SMILES string of the molecule is COCCn1nc(C)c(C(C)NCC(C)(O)c2cnn(C)c2)c1C. The molecule has 0 spiro atoms. The van der Waals surface area contributed by atoms with Crippen LogP contribution < -0.4 is 5.32 Å². The van der Waals surface area contributed by atoms with Gasteiger partial charge in [-0.3, -0.25) is 9.36 Å². The fourth-order valence-corrected chi connectivity index (χ4v) is 2.99. The third kappa shape index (κ3) is 4.03. The molecule has 2 N–H and O–H groups in total. The predicted molar refractivity (Wildman–Crippen MR) is 92.8 cm³/mol. The van der Waals surface area contributed by atoms with Gasteiger partial charge in [0.05, 0.1) is 25.0 Å². The Morgan fingerprint density at radius 3 is 2.71 bits per heavy atom. The van der Waals surface area contributed by atoms with E-state index in [1.54, 1.807) is 24.9 Å². The first-order valence-electron chi connectivity index (χ1n) is 8.24. The van der Waals surface area contributed by atoms with Crippen molar-refractivity contribution >= 4 is 0 Å². The number of aryl methyl sites for hydroxylation is 2. The average Bonchev–Trinajstić information content (AvgIpc) is 3.07. The van der Waals surface area contributed by atoms with Gasteiger partial charge in [-0.1, -0.05) is 0 Å². The van der Waals surface area contributed by atoms with Crippen molar-refractivity contribution < 1.29 is 9.84 Å². The lowest BCUT2D eigenvalue weighted by Gasteiger charge is -2.25. The van der Waals surface area contributed by atoms with Crippen LogP contribution in [-0.4, -0.2) is 44.9 Å². The Morgan fingerprint density at radius 2 is 2.12 bits per heavy atom. The highest BCUT2D eigenvalue weighted by Crippen LogP contribution is 2.24. The maximum absolute atomic E-state index is 10.7. The molecule has 24 heavy (non-hydrogen) atoms. The van der Waals surface area contributed by atoms with Crippen molar-refractivity contribution in [2.24, 2.45) is 7.05 Å². The van der Waals surface area contributed by atoms with Crippen molar-refractivity contribution in [3.05, 3.63) is 34.9 Å². The number of ether oxygens (including phenoxy) is 1. The minimum absolute atomic E-state index is 0.0874. The van der Waals surface area contributed by atoms with E-state index in [2.05, 4.69) is 29.4 Å². The van der Waals surface area contributed by atoms with E-state index in [0.717, 1.165) is 23.5 Å². The molecule has 2 aromatic heterocycles. The zero-order chi connectivity index (χ0) is 17.9. The fraction of sp³-hybridized carbons (Fsp3) is 0.647. The van der Waals surface area contributed by atoms with Crippen LogP contribution in [0.3, 0.4) is 0 Å². The number of aromatic nitrogens is 4. The summed E-state index contributed by atoms with van der Waals surface area (Å²) in [5, 5.41) is 22.9. The highest BCUT2D eigenvalue weighted by atomic mass is 16.5. The molecular weight excluding hydrogens is 306 g/mol. The van der Waals surface area contributed by atoms with Crippen LogP contribution >= 0.6 is 0 Å². The van der Waals surface area contributed by atoms with Gasteiger partial charge in [-0.25, -0.2) is 0 Å². The molecule has 7 nitrogen and oxygen atoms in total. The lowest BCUT2D eigenvalue weighted by atomic mass is 9.98. The second-order valence-corrected chi connectivity index (χ2v) is 6.58. The van der Waals surface area contributed by atoms with Crippen LogP contribution in [0.15, 0.2) is 12.4 Å². The van der Waals surface area contributed by atoms with Gasteiger partial charge in [-0.2, -0.15) is 10.2 Å². The Labute approximate surface area is 143 Å². The van der Waals surface area contributed by atoms with Crippen LogP contribution in [0.5, 0.6) is 0 Å². The van der Waals surface area contributed by atoms with Crippen LogP contribution in [0.1, 0.15) is 42.4 Å². The van der Waals surface area contributed by atoms with E-state index >= 15 is 0 Å². The average molecular weight is 335 g/mol. The number of hydrogen-bond acceptors (Lipinski definition) is 5. The van der Waals surface area contributed by atoms with Gasteiger partial charge in [0.25, 0.3) is 0 Å². The van der Waals surface area contributed by atoms with E-state index in [4.69, 9.17) is 4.74 Å². The van der Waals surface area contributed by atoms with E-state index in [9.17, 15) is 5.11 Å².